The molecule has 5 nitrogen and oxygen atoms in total. The van der Waals surface area contributed by atoms with Crippen LogP contribution in [-0.4, -0.2) is 16.7 Å². The van der Waals surface area contributed by atoms with Gasteiger partial charge in [-0.05, 0) is 72.0 Å². The number of thiophene rings is 2. The number of rotatable bonds is 7. The van der Waals surface area contributed by atoms with Gasteiger partial charge in [0.25, 0.3) is 5.91 Å². The van der Waals surface area contributed by atoms with Gasteiger partial charge >= 0.3 is 0 Å². The van der Waals surface area contributed by atoms with E-state index >= 15 is 0 Å². The van der Waals surface area contributed by atoms with Crippen molar-refractivity contribution in [1.29, 1.82) is 0 Å². The highest BCUT2D eigenvalue weighted by molar-refractivity contribution is 7.21. The first-order valence-electron chi connectivity index (χ1n) is 13.0. The number of benzene rings is 3. The Kier molecular flexibility index (Phi) is 7.29. The summed E-state index contributed by atoms with van der Waals surface area (Å²) in [6, 6.07) is 31.0. The smallest absolute Gasteiger partial charge is 0.267 e. The minimum Gasteiger partial charge on any atom is -0.397 e. The maximum absolute atomic E-state index is 13.4. The second-order valence-electron chi connectivity index (χ2n) is 9.56. The maximum Gasteiger partial charge on any atom is 0.267 e. The van der Waals surface area contributed by atoms with Crippen LogP contribution in [0.3, 0.4) is 0 Å². The maximum atomic E-state index is 13.4. The zero-order chi connectivity index (χ0) is 28.3. The Morgan fingerprint density at radius 1 is 0.878 bits per heavy atom. The van der Waals surface area contributed by atoms with Gasteiger partial charge in [0.15, 0.2) is 5.78 Å². The van der Waals surface area contributed by atoms with E-state index in [0.717, 1.165) is 38.2 Å². The third-order valence-electron chi connectivity index (χ3n) is 6.71. The summed E-state index contributed by atoms with van der Waals surface area (Å²) >= 11 is 2.84. The summed E-state index contributed by atoms with van der Waals surface area (Å²) in [5.74, 6) is -0.424. The molecule has 0 radical (unpaired) electrons. The number of hydrogen-bond donors (Lipinski definition) is 2. The molecule has 7 heteroatoms. The van der Waals surface area contributed by atoms with Crippen molar-refractivity contribution in [2.45, 2.75) is 6.92 Å². The summed E-state index contributed by atoms with van der Waals surface area (Å²) < 4.78 is 0. The number of aromatic nitrogens is 1. The number of nitrogen functional groups attached to an aromatic ring is 1. The van der Waals surface area contributed by atoms with Crippen LogP contribution in [0.25, 0.3) is 38.7 Å². The molecule has 6 rings (SSSR count). The van der Waals surface area contributed by atoms with Crippen LogP contribution in [0, 0.1) is 6.92 Å². The van der Waals surface area contributed by atoms with Crippen LogP contribution in [0.5, 0.6) is 0 Å². The van der Waals surface area contributed by atoms with Crippen molar-refractivity contribution in [1.82, 2.24) is 4.98 Å². The number of hydrogen-bond acceptors (Lipinski definition) is 6. The van der Waals surface area contributed by atoms with E-state index in [-0.39, 0.29) is 11.7 Å². The second-order valence-corrected chi connectivity index (χ2v) is 11.5. The highest BCUT2D eigenvalue weighted by atomic mass is 32.1. The Balaban J connectivity index is 1.31. The van der Waals surface area contributed by atoms with Crippen LogP contribution in [-0.2, 0) is 0 Å². The van der Waals surface area contributed by atoms with Gasteiger partial charge in [0, 0.05) is 27.1 Å². The lowest BCUT2D eigenvalue weighted by Crippen LogP contribution is -2.12. The first-order chi connectivity index (χ1) is 20.0. The van der Waals surface area contributed by atoms with Crippen molar-refractivity contribution in [3.8, 4) is 22.4 Å². The molecule has 0 saturated heterocycles. The standard InChI is InChI=1S/C34H25N3O2S2/c1-21-9-11-22(12-10-21)27-20-28(23-6-3-2-4-7-23)37-34-30(27)31(35)32(41-34)33(39)36-25-15-13-24(14-16-25)29(38)18-17-26-8-5-19-40-26/h2-20H,35H2,1H3,(H,36,39)/b18-17+. The Morgan fingerprint density at radius 2 is 1.63 bits per heavy atom. The quantitative estimate of drug-likeness (QED) is 0.148. The second kappa shape index (κ2) is 11.3. The van der Waals surface area contributed by atoms with Crippen LogP contribution in [0.2, 0.25) is 0 Å². The molecule has 3 N–H and O–H groups in total. The van der Waals surface area contributed by atoms with Gasteiger partial charge in [0.2, 0.25) is 0 Å². The number of allylic oxidation sites excluding steroid dienone is 1. The SMILES string of the molecule is Cc1ccc(-c2cc(-c3ccccc3)nc3sc(C(=O)Nc4ccc(C(=O)/C=C/c5cccs5)cc4)c(N)c23)cc1. The third kappa shape index (κ3) is 5.59. The first kappa shape index (κ1) is 26.4. The summed E-state index contributed by atoms with van der Waals surface area (Å²) in [7, 11) is 0. The van der Waals surface area contributed by atoms with Gasteiger partial charge in [-0.2, -0.15) is 0 Å². The lowest BCUT2D eigenvalue weighted by molar-refractivity contribution is 0.102. The van der Waals surface area contributed by atoms with Crippen molar-refractivity contribution in [3.05, 3.63) is 129 Å². The summed E-state index contributed by atoms with van der Waals surface area (Å²) in [6.07, 6.45) is 3.36. The molecule has 3 heterocycles. The number of fused-ring (bicyclic) bond motifs is 1. The van der Waals surface area contributed by atoms with Gasteiger partial charge in [-0.25, -0.2) is 4.98 Å². The fourth-order valence-electron chi connectivity index (χ4n) is 4.55. The predicted octanol–water partition coefficient (Wildman–Crippen LogP) is 8.73. The van der Waals surface area contributed by atoms with E-state index in [0.29, 0.717) is 26.6 Å². The molecule has 0 atom stereocenters. The molecule has 200 valence electrons. The molecule has 0 aliphatic heterocycles. The third-order valence-corrected chi connectivity index (χ3v) is 8.64. The molecular weight excluding hydrogens is 547 g/mol. The van der Waals surface area contributed by atoms with Crippen LogP contribution in [0.4, 0.5) is 11.4 Å². The molecule has 0 spiro atoms. The van der Waals surface area contributed by atoms with Gasteiger partial charge < -0.3 is 11.1 Å². The Bertz CT molecular complexity index is 1890. The van der Waals surface area contributed by atoms with Crippen molar-refractivity contribution < 1.29 is 9.59 Å². The van der Waals surface area contributed by atoms with E-state index in [1.54, 1.807) is 47.8 Å². The molecule has 6 aromatic rings. The lowest BCUT2D eigenvalue weighted by Gasteiger charge is -2.09. The lowest BCUT2D eigenvalue weighted by atomic mass is 9.98. The topological polar surface area (TPSA) is 85.1 Å². The summed E-state index contributed by atoms with van der Waals surface area (Å²) in [4.78, 5) is 33.0. The molecule has 1 amide bonds. The largest absolute Gasteiger partial charge is 0.397 e. The molecular formula is C34H25N3O2S2. The molecule has 3 aromatic heterocycles. The Morgan fingerprint density at radius 3 is 2.34 bits per heavy atom. The van der Waals surface area contributed by atoms with E-state index in [4.69, 9.17) is 10.7 Å². The average molecular weight is 572 g/mol. The average Bonchev–Trinajstić information content (AvgIpc) is 3.64. The first-order valence-corrected chi connectivity index (χ1v) is 14.7. The number of pyridine rings is 1. The van der Waals surface area contributed by atoms with Gasteiger partial charge in [0.1, 0.15) is 9.71 Å². The number of ketones is 1. The molecule has 0 fully saturated rings. The fraction of sp³-hybridized carbons (Fsp3) is 0.0294. The number of nitrogens with one attached hydrogen (secondary N) is 1. The zero-order valence-electron chi connectivity index (χ0n) is 22.1. The highest BCUT2D eigenvalue weighted by Gasteiger charge is 2.22. The summed E-state index contributed by atoms with van der Waals surface area (Å²) in [5.41, 5.74) is 13.1. The van der Waals surface area contributed by atoms with Gasteiger partial charge in [-0.15, -0.1) is 22.7 Å². The number of nitrogens with two attached hydrogens (primary N) is 1. The molecule has 0 unspecified atom stereocenters. The van der Waals surface area contributed by atoms with Gasteiger partial charge in [-0.1, -0.05) is 66.2 Å². The minimum absolute atomic E-state index is 0.103. The van der Waals surface area contributed by atoms with E-state index in [2.05, 4.69) is 29.6 Å². The minimum atomic E-state index is -0.321. The van der Waals surface area contributed by atoms with Crippen LogP contribution in [0.15, 0.2) is 109 Å². The van der Waals surface area contributed by atoms with E-state index < -0.39 is 0 Å². The molecule has 0 aliphatic rings. The van der Waals surface area contributed by atoms with E-state index in [1.807, 2.05) is 60.8 Å². The monoisotopic (exact) mass is 571 g/mol. The van der Waals surface area contributed by atoms with Crippen molar-refractivity contribution in [2.24, 2.45) is 0 Å². The van der Waals surface area contributed by atoms with Gasteiger partial charge in [-0.3, -0.25) is 9.59 Å². The van der Waals surface area contributed by atoms with Crippen molar-refractivity contribution >= 4 is 62.0 Å². The molecule has 41 heavy (non-hydrogen) atoms. The predicted molar refractivity (Wildman–Crippen MR) is 172 cm³/mol. The summed E-state index contributed by atoms with van der Waals surface area (Å²) in [6.45, 7) is 2.05. The van der Waals surface area contributed by atoms with Crippen LogP contribution in [0.1, 0.15) is 30.5 Å². The number of nitrogens with zero attached hydrogens (tertiary/aromatic N) is 1. The molecule has 3 aromatic carbocycles. The van der Waals surface area contributed by atoms with Crippen LogP contribution < -0.4 is 11.1 Å². The number of amides is 1. The summed E-state index contributed by atoms with van der Waals surface area (Å²) in [5, 5.41) is 5.66. The van der Waals surface area contributed by atoms with Crippen molar-refractivity contribution in [3.63, 3.8) is 0 Å². The van der Waals surface area contributed by atoms with E-state index in [9.17, 15) is 9.59 Å². The number of aryl methyl sites for hydroxylation is 1. The number of carbonyl (C=O) groups is 2. The molecule has 0 bridgehead atoms. The normalized spacial score (nSPS) is 11.2. The van der Waals surface area contributed by atoms with Gasteiger partial charge in [0.05, 0.1) is 11.4 Å². The zero-order valence-corrected chi connectivity index (χ0v) is 23.8. The van der Waals surface area contributed by atoms with Crippen molar-refractivity contribution in [2.75, 3.05) is 11.1 Å². The van der Waals surface area contributed by atoms with E-state index in [1.165, 1.54) is 11.3 Å². The Hall–Kier alpha value is -4.85. The number of carbonyl (C=O) groups excluding carboxylic acids is 2. The molecule has 0 aliphatic carbocycles. The number of anilines is 2. The van der Waals surface area contributed by atoms with Crippen LogP contribution >= 0.6 is 22.7 Å². The Labute approximate surface area is 245 Å². The molecule has 0 saturated carbocycles. The highest BCUT2D eigenvalue weighted by Crippen LogP contribution is 2.41. The fourth-order valence-corrected chi connectivity index (χ4v) is 6.19.